The molecule has 1 amide bonds. The van der Waals surface area contributed by atoms with Crippen LogP contribution in [-0.4, -0.2) is 12.5 Å². The summed E-state index contributed by atoms with van der Waals surface area (Å²) in [4.78, 5) is 11.8. The van der Waals surface area contributed by atoms with Gasteiger partial charge in [-0.1, -0.05) is 39.0 Å². The third kappa shape index (κ3) is 5.15. The fourth-order valence-corrected chi connectivity index (χ4v) is 1.96. The number of carbonyl (C=O) groups excluding carboxylic acids is 1. The van der Waals surface area contributed by atoms with Gasteiger partial charge in [-0.25, -0.2) is 8.78 Å². The third-order valence-electron chi connectivity index (χ3n) is 3.15. The molecule has 0 aromatic heterocycles. The average molecular weight is 284 g/mol. The number of amides is 1. The highest BCUT2D eigenvalue weighted by Gasteiger charge is 2.13. The summed E-state index contributed by atoms with van der Waals surface area (Å²) in [5.41, 5.74) is 5.44. The first kappa shape index (κ1) is 16.4. The molecule has 0 aliphatic carbocycles. The number of carbonyl (C=O) groups is 1. The van der Waals surface area contributed by atoms with Crippen LogP contribution in [0.1, 0.15) is 55.8 Å². The van der Waals surface area contributed by atoms with Crippen molar-refractivity contribution in [2.24, 2.45) is 0 Å². The number of rotatable bonds is 8. The van der Waals surface area contributed by atoms with E-state index in [1.165, 1.54) is 19.3 Å². The Kier molecular flexibility index (Phi) is 6.98. The molecule has 0 saturated carbocycles. The maximum absolute atomic E-state index is 13.1. The molecular weight excluding hydrogens is 262 g/mol. The molecule has 0 unspecified atom stereocenters. The number of hydrogen-bond donors (Lipinski definition) is 2. The molecule has 0 atom stereocenters. The molecule has 1 aromatic carbocycles. The Hall–Kier alpha value is -1.65. The number of nitrogen functional groups attached to an aromatic ring is 1. The molecule has 1 aromatic rings. The van der Waals surface area contributed by atoms with Crippen LogP contribution in [0.2, 0.25) is 0 Å². The Labute approximate surface area is 118 Å². The molecule has 0 aliphatic rings. The van der Waals surface area contributed by atoms with Gasteiger partial charge in [0.15, 0.2) is 11.6 Å². The van der Waals surface area contributed by atoms with Crippen LogP contribution in [0.15, 0.2) is 12.1 Å². The van der Waals surface area contributed by atoms with E-state index in [9.17, 15) is 13.6 Å². The second kappa shape index (κ2) is 8.51. The summed E-state index contributed by atoms with van der Waals surface area (Å²) in [5.74, 6) is -2.58. The summed E-state index contributed by atoms with van der Waals surface area (Å²) in [6, 6.07) is 1.66. The van der Waals surface area contributed by atoms with Crippen LogP contribution in [0.4, 0.5) is 14.5 Å². The molecule has 20 heavy (non-hydrogen) atoms. The minimum absolute atomic E-state index is 0.0186. The van der Waals surface area contributed by atoms with Crippen LogP contribution in [0, 0.1) is 11.6 Å². The van der Waals surface area contributed by atoms with Crippen LogP contribution < -0.4 is 11.1 Å². The Morgan fingerprint density at radius 3 is 2.40 bits per heavy atom. The highest BCUT2D eigenvalue weighted by molar-refractivity contribution is 5.99. The smallest absolute Gasteiger partial charge is 0.253 e. The lowest BCUT2D eigenvalue weighted by Crippen LogP contribution is -2.25. The monoisotopic (exact) mass is 284 g/mol. The average Bonchev–Trinajstić information content (AvgIpc) is 2.41. The van der Waals surface area contributed by atoms with E-state index in [1.54, 1.807) is 0 Å². The number of hydrogen-bond acceptors (Lipinski definition) is 2. The lowest BCUT2D eigenvalue weighted by Gasteiger charge is -2.08. The zero-order valence-corrected chi connectivity index (χ0v) is 11.8. The molecule has 0 aliphatic heterocycles. The zero-order valence-electron chi connectivity index (χ0n) is 11.8. The Bertz CT molecular complexity index is 450. The van der Waals surface area contributed by atoms with Crippen molar-refractivity contribution in [1.29, 1.82) is 0 Å². The number of halogens is 2. The fraction of sp³-hybridized carbons (Fsp3) is 0.533. The summed E-state index contributed by atoms with van der Waals surface area (Å²) >= 11 is 0. The van der Waals surface area contributed by atoms with Crippen molar-refractivity contribution in [2.75, 3.05) is 12.3 Å². The van der Waals surface area contributed by atoms with Gasteiger partial charge in [0.05, 0.1) is 5.56 Å². The Morgan fingerprint density at radius 2 is 1.70 bits per heavy atom. The second-order valence-electron chi connectivity index (χ2n) is 4.88. The molecule has 5 heteroatoms. The topological polar surface area (TPSA) is 55.1 Å². The standard InChI is InChI=1S/C15H22F2N2O/c1-2-3-4-5-6-7-8-19-15(20)11-9-12(16)13(17)10-14(11)18/h9-10H,2-8,18H2,1H3,(H,19,20). The van der Waals surface area contributed by atoms with Gasteiger partial charge in [0, 0.05) is 18.3 Å². The van der Waals surface area contributed by atoms with E-state index in [4.69, 9.17) is 5.73 Å². The van der Waals surface area contributed by atoms with E-state index in [1.807, 2.05) is 0 Å². The van der Waals surface area contributed by atoms with Crippen molar-refractivity contribution in [1.82, 2.24) is 5.32 Å². The lowest BCUT2D eigenvalue weighted by molar-refractivity contribution is 0.0953. The van der Waals surface area contributed by atoms with Gasteiger partial charge in [-0.3, -0.25) is 4.79 Å². The number of nitrogens with one attached hydrogen (secondary N) is 1. The summed E-state index contributed by atoms with van der Waals surface area (Å²) in [5, 5.41) is 2.67. The van der Waals surface area contributed by atoms with Crippen molar-refractivity contribution >= 4 is 11.6 Å². The van der Waals surface area contributed by atoms with Gasteiger partial charge in [0.1, 0.15) is 0 Å². The summed E-state index contributed by atoms with van der Waals surface area (Å²) < 4.78 is 26.0. The van der Waals surface area contributed by atoms with Crippen molar-refractivity contribution in [3.05, 3.63) is 29.3 Å². The summed E-state index contributed by atoms with van der Waals surface area (Å²) in [6.07, 6.45) is 6.72. The van der Waals surface area contributed by atoms with Crippen LogP contribution in [-0.2, 0) is 0 Å². The molecule has 3 nitrogen and oxygen atoms in total. The van der Waals surface area contributed by atoms with Crippen LogP contribution in [0.25, 0.3) is 0 Å². The molecule has 112 valence electrons. The van der Waals surface area contributed by atoms with Crippen LogP contribution in [0.5, 0.6) is 0 Å². The summed E-state index contributed by atoms with van der Waals surface area (Å²) in [6.45, 7) is 2.68. The highest BCUT2D eigenvalue weighted by atomic mass is 19.2. The normalized spacial score (nSPS) is 10.6. The lowest BCUT2D eigenvalue weighted by atomic mass is 10.1. The maximum Gasteiger partial charge on any atom is 0.253 e. The molecule has 0 saturated heterocycles. The molecular formula is C15H22F2N2O. The first-order valence-electron chi connectivity index (χ1n) is 7.09. The number of benzene rings is 1. The molecule has 0 bridgehead atoms. The van der Waals surface area contributed by atoms with Gasteiger partial charge in [0.25, 0.3) is 5.91 Å². The van der Waals surface area contributed by atoms with Crippen molar-refractivity contribution < 1.29 is 13.6 Å². The van der Waals surface area contributed by atoms with E-state index in [-0.39, 0.29) is 11.3 Å². The maximum atomic E-state index is 13.1. The SMILES string of the molecule is CCCCCCCCNC(=O)c1cc(F)c(F)cc1N. The summed E-state index contributed by atoms with van der Waals surface area (Å²) in [7, 11) is 0. The minimum Gasteiger partial charge on any atom is -0.398 e. The second-order valence-corrected chi connectivity index (χ2v) is 4.88. The van der Waals surface area contributed by atoms with E-state index in [0.29, 0.717) is 6.54 Å². The molecule has 0 heterocycles. The van der Waals surface area contributed by atoms with Crippen molar-refractivity contribution in [3.8, 4) is 0 Å². The van der Waals surface area contributed by atoms with E-state index in [0.717, 1.165) is 31.4 Å². The molecule has 0 spiro atoms. The Balaban J connectivity index is 2.34. The minimum atomic E-state index is -1.07. The largest absolute Gasteiger partial charge is 0.398 e. The molecule has 1 rings (SSSR count). The number of nitrogens with two attached hydrogens (primary N) is 1. The predicted octanol–water partition coefficient (Wildman–Crippen LogP) is 3.64. The van der Waals surface area contributed by atoms with Gasteiger partial charge in [-0.2, -0.15) is 0 Å². The number of anilines is 1. The number of unbranched alkanes of at least 4 members (excludes halogenated alkanes) is 5. The predicted molar refractivity (Wildman–Crippen MR) is 76.5 cm³/mol. The van der Waals surface area contributed by atoms with Gasteiger partial charge >= 0.3 is 0 Å². The quantitative estimate of drug-likeness (QED) is 0.565. The van der Waals surface area contributed by atoms with E-state index < -0.39 is 17.5 Å². The van der Waals surface area contributed by atoms with Crippen molar-refractivity contribution in [2.45, 2.75) is 45.4 Å². The van der Waals surface area contributed by atoms with Crippen molar-refractivity contribution in [3.63, 3.8) is 0 Å². The molecule has 0 radical (unpaired) electrons. The van der Waals surface area contributed by atoms with Crippen LogP contribution >= 0.6 is 0 Å². The van der Waals surface area contributed by atoms with E-state index >= 15 is 0 Å². The third-order valence-corrected chi connectivity index (χ3v) is 3.15. The van der Waals surface area contributed by atoms with Gasteiger partial charge in [0.2, 0.25) is 0 Å². The van der Waals surface area contributed by atoms with Gasteiger partial charge in [-0.15, -0.1) is 0 Å². The fourth-order valence-electron chi connectivity index (χ4n) is 1.96. The zero-order chi connectivity index (χ0) is 15.0. The first-order chi connectivity index (χ1) is 9.56. The first-order valence-corrected chi connectivity index (χ1v) is 7.09. The van der Waals surface area contributed by atoms with Gasteiger partial charge in [-0.05, 0) is 12.5 Å². The van der Waals surface area contributed by atoms with Gasteiger partial charge < -0.3 is 11.1 Å². The van der Waals surface area contributed by atoms with E-state index in [2.05, 4.69) is 12.2 Å². The molecule has 0 fully saturated rings. The van der Waals surface area contributed by atoms with Crippen LogP contribution in [0.3, 0.4) is 0 Å². The molecule has 3 N–H and O–H groups in total. The highest BCUT2D eigenvalue weighted by Crippen LogP contribution is 2.16. The Morgan fingerprint density at radius 1 is 1.10 bits per heavy atom.